The van der Waals surface area contributed by atoms with E-state index in [0.29, 0.717) is 36.5 Å². The predicted octanol–water partition coefficient (Wildman–Crippen LogP) is 5.21. The summed E-state index contributed by atoms with van der Waals surface area (Å²) >= 11 is 0. The first-order chi connectivity index (χ1) is 20.0. The average Bonchev–Trinajstić information content (AvgIpc) is 3.61. The Morgan fingerprint density at radius 1 is 1.17 bits per heavy atom. The Bertz CT molecular complexity index is 1320. The van der Waals surface area contributed by atoms with Crippen LogP contribution in [0.15, 0.2) is 36.9 Å². The molecular formula is C31H43N7O4. The summed E-state index contributed by atoms with van der Waals surface area (Å²) in [7, 11) is 0. The zero-order valence-electron chi connectivity index (χ0n) is 25.4. The molecule has 0 spiro atoms. The van der Waals surface area contributed by atoms with Crippen LogP contribution in [-0.2, 0) is 19.7 Å². The van der Waals surface area contributed by atoms with Gasteiger partial charge in [-0.05, 0) is 66.0 Å². The monoisotopic (exact) mass is 577 g/mol. The molecule has 2 aliphatic heterocycles. The quantitative estimate of drug-likeness (QED) is 0.407. The molecule has 11 heteroatoms. The number of anilines is 4. The number of aromatic nitrogens is 3. The van der Waals surface area contributed by atoms with E-state index in [1.54, 1.807) is 12.4 Å². The Labute approximate surface area is 248 Å². The number of amides is 2. The van der Waals surface area contributed by atoms with Gasteiger partial charge in [-0.2, -0.15) is 4.98 Å². The van der Waals surface area contributed by atoms with Gasteiger partial charge in [0.1, 0.15) is 17.2 Å². The summed E-state index contributed by atoms with van der Waals surface area (Å²) < 4.78 is 11.2. The van der Waals surface area contributed by atoms with Gasteiger partial charge in [-0.15, -0.1) is 0 Å². The molecule has 0 radical (unpaired) electrons. The lowest BCUT2D eigenvalue weighted by molar-refractivity contribution is -0.120. The fraction of sp³-hybridized carbons (Fsp3) is 0.581. The van der Waals surface area contributed by atoms with Gasteiger partial charge in [0.2, 0.25) is 11.9 Å². The fourth-order valence-electron chi connectivity index (χ4n) is 6.08. The second-order valence-electron chi connectivity index (χ2n) is 12.6. The van der Waals surface area contributed by atoms with E-state index in [-0.39, 0.29) is 24.4 Å². The SMILES string of the molecule is C=C(OCC)C1(C)CC(=O)N(C2CCCC2)c2nc(Nc3ccc(N4CCC(NC(=O)OC(C)(C)C)C4)cn3)ncc21. The van der Waals surface area contributed by atoms with Crippen molar-refractivity contribution in [2.24, 2.45) is 0 Å². The van der Waals surface area contributed by atoms with Gasteiger partial charge < -0.3 is 25.0 Å². The third-order valence-electron chi connectivity index (χ3n) is 8.25. The van der Waals surface area contributed by atoms with Crippen molar-refractivity contribution in [1.82, 2.24) is 20.3 Å². The summed E-state index contributed by atoms with van der Waals surface area (Å²) in [4.78, 5) is 43.9. The van der Waals surface area contributed by atoms with Crippen LogP contribution in [0.3, 0.4) is 0 Å². The minimum absolute atomic E-state index is 0.0107. The van der Waals surface area contributed by atoms with E-state index in [4.69, 9.17) is 14.5 Å². The molecule has 226 valence electrons. The van der Waals surface area contributed by atoms with Crippen molar-refractivity contribution >= 4 is 35.3 Å². The van der Waals surface area contributed by atoms with E-state index in [2.05, 4.69) is 32.1 Å². The van der Waals surface area contributed by atoms with Crippen molar-refractivity contribution in [1.29, 1.82) is 0 Å². The van der Waals surface area contributed by atoms with Crippen molar-refractivity contribution in [2.75, 3.05) is 34.8 Å². The number of nitrogens with zero attached hydrogens (tertiary/aromatic N) is 5. The number of pyridine rings is 1. The predicted molar refractivity (Wildman–Crippen MR) is 162 cm³/mol. The summed E-state index contributed by atoms with van der Waals surface area (Å²) in [6.07, 6.45) is 8.44. The molecule has 2 N–H and O–H groups in total. The van der Waals surface area contributed by atoms with E-state index < -0.39 is 17.1 Å². The Balaban J connectivity index is 1.31. The molecule has 2 fully saturated rings. The molecule has 0 bridgehead atoms. The molecule has 5 rings (SSSR count). The van der Waals surface area contributed by atoms with Gasteiger partial charge in [-0.3, -0.25) is 9.69 Å². The molecule has 1 saturated carbocycles. The largest absolute Gasteiger partial charge is 0.498 e. The van der Waals surface area contributed by atoms with Crippen LogP contribution in [0, 0.1) is 0 Å². The standard InChI is InChI=1S/C31H43N7O4/c1-7-41-20(2)31(6)16-26(39)38(22-10-8-9-11-22)27-24(31)18-33-28(36-27)35-25-13-12-23(17-32-25)37-15-14-21(19-37)34-29(40)42-30(3,4)5/h12-13,17-18,21-22H,2,7-11,14-16,19H2,1,3-6H3,(H,34,40)(H,32,33,35,36). The maximum absolute atomic E-state index is 13.5. The Kier molecular flexibility index (Phi) is 8.30. The number of carbonyl (C=O) groups excluding carboxylic acids is 2. The number of carbonyl (C=O) groups is 2. The van der Waals surface area contributed by atoms with Crippen LogP contribution in [0.1, 0.15) is 78.7 Å². The summed E-state index contributed by atoms with van der Waals surface area (Å²) in [5.74, 6) is 2.18. The minimum Gasteiger partial charge on any atom is -0.498 e. The molecule has 0 aromatic carbocycles. The smallest absolute Gasteiger partial charge is 0.407 e. The first kappa shape index (κ1) is 29.6. The summed E-state index contributed by atoms with van der Waals surface area (Å²) in [5.41, 5.74) is 0.578. The van der Waals surface area contributed by atoms with E-state index >= 15 is 0 Å². The molecule has 2 amide bonds. The third-order valence-corrected chi connectivity index (χ3v) is 8.25. The lowest BCUT2D eigenvalue weighted by Crippen LogP contribution is -2.49. The molecule has 2 unspecified atom stereocenters. The van der Waals surface area contributed by atoms with Crippen molar-refractivity contribution < 1.29 is 19.1 Å². The second kappa shape index (κ2) is 11.8. The Hall–Kier alpha value is -3.89. The molecule has 42 heavy (non-hydrogen) atoms. The van der Waals surface area contributed by atoms with Crippen molar-refractivity contribution in [2.45, 2.75) is 96.2 Å². The highest BCUT2D eigenvalue weighted by Gasteiger charge is 2.46. The number of alkyl carbamates (subject to hydrolysis) is 1. The lowest BCUT2D eigenvalue weighted by Gasteiger charge is -2.42. The molecule has 2 aromatic rings. The Morgan fingerprint density at radius 2 is 1.93 bits per heavy atom. The van der Waals surface area contributed by atoms with Gasteiger partial charge in [-0.1, -0.05) is 19.4 Å². The second-order valence-corrected chi connectivity index (χ2v) is 12.6. The van der Waals surface area contributed by atoms with Gasteiger partial charge >= 0.3 is 6.09 Å². The summed E-state index contributed by atoms with van der Waals surface area (Å²) in [6, 6.07) is 4.02. The van der Waals surface area contributed by atoms with Crippen molar-refractivity contribution in [3.05, 3.63) is 42.4 Å². The van der Waals surface area contributed by atoms with Gasteiger partial charge in [-0.25, -0.2) is 14.8 Å². The molecule has 3 aliphatic rings. The first-order valence-corrected chi connectivity index (χ1v) is 15.0. The molecular weight excluding hydrogens is 534 g/mol. The van der Waals surface area contributed by atoms with Crippen molar-refractivity contribution in [3.63, 3.8) is 0 Å². The molecule has 2 atom stereocenters. The van der Waals surface area contributed by atoms with Gasteiger partial charge in [0.05, 0.1) is 35.7 Å². The summed E-state index contributed by atoms with van der Waals surface area (Å²) in [6.45, 7) is 15.6. The minimum atomic E-state index is -0.706. The van der Waals surface area contributed by atoms with Crippen LogP contribution >= 0.6 is 0 Å². The highest BCUT2D eigenvalue weighted by atomic mass is 16.6. The summed E-state index contributed by atoms with van der Waals surface area (Å²) in [5, 5.41) is 6.18. The average molecular weight is 578 g/mol. The van der Waals surface area contributed by atoms with Crippen LogP contribution in [0.4, 0.5) is 28.1 Å². The van der Waals surface area contributed by atoms with Gasteiger partial charge in [0.25, 0.3) is 0 Å². The van der Waals surface area contributed by atoms with Gasteiger partial charge in [0, 0.05) is 37.3 Å². The van der Waals surface area contributed by atoms with Crippen molar-refractivity contribution in [3.8, 4) is 0 Å². The molecule has 2 aromatic heterocycles. The maximum atomic E-state index is 13.5. The molecule has 4 heterocycles. The van der Waals surface area contributed by atoms with Crippen LogP contribution in [-0.4, -0.2) is 64.3 Å². The topological polar surface area (TPSA) is 122 Å². The van der Waals surface area contributed by atoms with E-state index in [9.17, 15) is 9.59 Å². The number of allylic oxidation sites excluding steroid dienone is 1. The van der Waals surface area contributed by atoms with Crippen LogP contribution in [0.5, 0.6) is 0 Å². The number of fused-ring (bicyclic) bond motifs is 1. The zero-order valence-corrected chi connectivity index (χ0v) is 25.4. The molecule has 1 aliphatic carbocycles. The number of rotatable bonds is 8. The highest BCUT2D eigenvalue weighted by Crippen LogP contribution is 2.46. The first-order valence-electron chi connectivity index (χ1n) is 15.0. The molecule has 11 nitrogen and oxygen atoms in total. The van der Waals surface area contributed by atoms with Gasteiger partial charge in [0.15, 0.2) is 0 Å². The van der Waals surface area contributed by atoms with E-state index in [0.717, 1.165) is 49.9 Å². The van der Waals surface area contributed by atoms with E-state index in [1.807, 2.05) is 51.7 Å². The van der Waals surface area contributed by atoms with Crippen LogP contribution in [0.25, 0.3) is 0 Å². The maximum Gasteiger partial charge on any atom is 0.407 e. The fourth-order valence-corrected chi connectivity index (χ4v) is 6.08. The number of hydrogen-bond acceptors (Lipinski definition) is 9. The third kappa shape index (κ3) is 6.29. The van der Waals surface area contributed by atoms with Crippen LogP contribution < -0.4 is 20.4 Å². The van der Waals surface area contributed by atoms with Crippen LogP contribution in [0.2, 0.25) is 0 Å². The molecule has 1 saturated heterocycles. The number of ether oxygens (including phenoxy) is 2. The number of hydrogen-bond donors (Lipinski definition) is 2. The normalized spacial score (nSPS) is 22.6. The van der Waals surface area contributed by atoms with E-state index in [1.165, 1.54) is 0 Å². The zero-order chi connectivity index (χ0) is 30.1. The Morgan fingerprint density at radius 3 is 2.60 bits per heavy atom. The number of nitrogens with one attached hydrogen (secondary N) is 2. The highest BCUT2D eigenvalue weighted by molar-refractivity contribution is 5.98. The lowest BCUT2D eigenvalue weighted by atomic mass is 9.75.